The Hall–Kier alpha value is -0.300. The van der Waals surface area contributed by atoms with E-state index in [-0.39, 0.29) is 24.0 Å². The summed E-state index contributed by atoms with van der Waals surface area (Å²) >= 11 is 0. The van der Waals surface area contributed by atoms with E-state index in [0.717, 1.165) is 37.8 Å². The molecule has 0 aromatic carbocycles. The number of nitrogens with one attached hydrogen (secondary N) is 2. The van der Waals surface area contributed by atoms with Crippen molar-refractivity contribution in [3.63, 3.8) is 0 Å². The zero-order chi connectivity index (χ0) is 15.8. The number of hydrogen-bond acceptors (Lipinski definition) is 2. The predicted octanol–water partition coefficient (Wildman–Crippen LogP) is 3.39. The summed E-state index contributed by atoms with van der Waals surface area (Å²) in [5.74, 6) is 1.73. The number of guanidine groups is 1. The summed E-state index contributed by atoms with van der Waals surface area (Å²) in [6.45, 7) is 11.1. The van der Waals surface area contributed by atoms with Crippen LogP contribution in [0.3, 0.4) is 0 Å². The van der Waals surface area contributed by atoms with Crippen molar-refractivity contribution in [3.8, 4) is 0 Å². The highest BCUT2D eigenvalue weighted by Crippen LogP contribution is 2.18. The Labute approximate surface area is 159 Å². The van der Waals surface area contributed by atoms with Crippen molar-refractivity contribution in [2.24, 2.45) is 10.9 Å². The quantitative estimate of drug-likeness (QED) is 0.292. The summed E-state index contributed by atoms with van der Waals surface area (Å²) in [7, 11) is 0. The van der Waals surface area contributed by atoms with Crippen molar-refractivity contribution in [2.45, 2.75) is 65.0 Å². The van der Waals surface area contributed by atoms with Crippen LogP contribution in [-0.4, -0.2) is 49.1 Å². The van der Waals surface area contributed by atoms with Crippen LogP contribution in [0.4, 0.5) is 0 Å². The van der Waals surface area contributed by atoms with Crippen LogP contribution >= 0.6 is 24.0 Å². The Bertz CT molecular complexity index is 373. The van der Waals surface area contributed by atoms with Crippen LogP contribution < -0.4 is 10.6 Å². The largest absolute Gasteiger partial charge is 0.357 e. The Morgan fingerprint density at radius 1 is 1.26 bits per heavy atom. The molecule has 0 saturated carbocycles. The van der Waals surface area contributed by atoms with Gasteiger partial charge in [-0.1, -0.05) is 32.4 Å². The van der Waals surface area contributed by atoms with Crippen LogP contribution in [0, 0.1) is 5.92 Å². The predicted molar refractivity (Wildman–Crippen MR) is 111 cm³/mol. The maximum absolute atomic E-state index is 4.88. The van der Waals surface area contributed by atoms with Gasteiger partial charge >= 0.3 is 0 Å². The van der Waals surface area contributed by atoms with Gasteiger partial charge in [-0.2, -0.15) is 0 Å². The van der Waals surface area contributed by atoms with Gasteiger partial charge < -0.3 is 10.6 Å². The van der Waals surface area contributed by atoms with Gasteiger partial charge in [-0.25, -0.2) is 0 Å². The zero-order valence-corrected chi connectivity index (χ0v) is 17.4. The van der Waals surface area contributed by atoms with E-state index in [1.54, 1.807) is 0 Å². The third-order valence-corrected chi connectivity index (χ3v) is 4.50. The second-order valence-corrected chi connectivity index (χ2v) is 7.04. The molecule has 2 N–H and O–H groups in total. The van der Waals surface area contributed by atoms with Crippen molar-refractivity contribution < 1.29 is 0 Å². The van der Waals surface area contributed by atoms with Crippen molar-refractivity contribution in [2.75, 3.05) is 26.2 Å². The van der Waals surface area contributed by atoms with Crippen LogP contribution in [0.25, 0.3) is 0 Å². The van der Waals surface area contributed by atoms with Crippen molar-refractivity contribution in [1.29, 1.82) is 0 Å². The normalized spacial score (nSPS) is 23.1. The van der Waals surface area contributed by atoms with E-state index < -0.39 is 0 Å². The SMILES string of the molecule is CCNC(=NCC1CCCCN1CC(C)C)NC1CC=CC1.I. The summed E-state index contributed by atoms with van der Waals surface area (Å²) in [5, 5.41) is 6.97. The first kappa shape index (κ1) is 20.7. The first-order valence-electron chi connectivity index (χ1n) is 9.13. The lowest BCUT2D eigenvalue weighted by molar-refractivity contribution is 0.137. The summed E-state index contributed by atoms with van der Waals surface area (Å²) in [4.78, 5) is 7.53. The zero-order valence-electron chi connectivity index (χ0n) is 15.1. The number of hydrogen-bond donors (Lipinski definition) is 2. The van der Waals surface area contributed by atoms with Crippen LogP contribution in [0.5, 0.6) is 0 Å². The highest BCUT2D eigenvalue weighted by molar-refractivity contribution is 14.0. The lowest BCUT2D eigenvalue weighted by Gasteiger charge is -2.36. The second-order valence-electron chi connectivity index (χ2n) is 7.04. The van der Waals surface area contributed by atoms with Crippen molar-refractivity contribution >= 4 is 29.9 Å². The summed E-state index contributed by atoms with van der Waals surface area (Å²) in [6.07, 6.45) is 10.7. The topological polar surface area (TPSA) is 39.7 Å². The molecule has 5 heteroatoms. The monoisotopic (exact) mass is 434 g/mol. The average Bonchev–Trinajstić information content (AvgIpc) is 2.99. The first-order chi connectivity index (χ1) is 10.7. The minimum absolute atomic E-state index is 0. The second kappa shape index (κ2) is 11.3. The molecule has 1 heterocycles. The number of halogens is 1. The van der Waals surface area contributed by atoms with E-state index in [1.807, 2.05) is 0 Å². The average molecular weight is 434 g/mol. The first-order valence-corrected chi connectivity index (χ1v) is 9.13. The van der Waals surface area contributed by atoms with Crippen molar-refractivity contribution in [1.82, 2.24) is 15.5 Å². The van der Waals surface area contributed by atoms with E-state index in [1.165, 1.54) is 32.4 Å². The van der Waals surface area contributed by atoms with E-state index >= 15 is 0 Å². The molecule has 1 saturated heterocycles. The fourth-order valence-corrected chi connectivity index (χ4v) is 3.42. The summed E-state index contributed by atoms with van der Waals surface area (Å²) < 4.78 is 0. The fourth-order valence-electron chi connectivity index (χ4n) is 3.42. The van der Waals surface area contributed by atoms with Gasteiger partial charge in [-0.15, -0.1) is 24.0 Å². The molecule has 1 aliphatic heterocycles. The molecule has 0 bridgehead atoms. The van der Waals surface area contributed by atoms with E-state index in [0.29, 0.717) is 12.1 Å². The van der Waals surface area contributed by atoms with E-state index in [9.17, 15) is 0 Å². The fraction of sp³-hybridized carbons (Fsp3) is 0.833. The Morgan fingerprint density at radius 3 is 2.65 bits per heavy atom. The Balaban J connectivity index is 0.00000264. The highest BCUT2D eigenvalue weighted by atomic mass is 127. The van der Waals surface area contributed by atoms with Gasteiger partial charge in [-0.3, -0.25) is 9.89 Å². The molecular formula is C18H35IN4. The van der Waals surface area contributed by atoms with Crippen LogP contribution in [0.1, 0.15) is 52.9 Å². The minimum atomic E-state index is 0. The van der Waals surface area contributed by atoms with Gasteiger partial charge in [0.05, 0.1) is 6.54 Å². The highest BCUT2D eigenvalue weighted by Gasteiger charge is 2.22. The molecule has 0 radical (unpaired) electrons. The van der Waals surface area contributed by atoms with E-state index in [2.05, 4.69) is 48.5 Å². The third-order valence-electron chi connectivity index (χ3n) is 4.50. The molecule has 1 atom stereocenters. The number of aliphatic imine (C=N–C) groups is 1. The third kappa shape index (κ3) is 7.42. The maximum Gasteiger partial charge on any atom is 0.191 e. The molecule has 4 nitrogen and oxygen atoms in total. The standard InChI is InChI=1S/C18H34N4.HI/c1-4-19-18(21-16-9-5-6-10-16)20-13-17-11-7-8-12-22(17)14-15(2)3;/h5-6,15-17H,4,7-14H2,1-3H3,(H2,19,20,21);1H. The molecule has 2 rings (SSSR count). The maximum atomic E-state index is 4.88. The van der Waals surface area contributed by atoms with Crippen molar-refractivity contribution in [3.05, 3.63) is 12.2 Å². The summed E-state index contributed by atoms with van der Waals surface area (Å²) in [6, 6.07) is 1.14. The molecule has 2 aliphatic rings. The minimum Gasteiger partial charge on any atom is -0.357 e. The van der Waals surface area contributed by atoms with Gasteiger partial charge in [0.2, 0.25) is 0 Å². The molecule has 0 amide bonds. The Morgan fingerprint density at radius 2 is 2.00 bits per heavy atom. The van der Waals surface area contributed by atoms with Crippen LogP contribution in [0.2, 0.25) is 0 Å². The molecule has 1 aliphatic carbocycles. The van der Waals surface area contributed by atoms with Gasteiger partial charge in [0.25, 0.3) is 0 Å². The van der Waals surface area contributed by atoms with E-state index in [4.69, 9.17) is 4.99 Å². The van der Waals surface area contributed by atoms with Gasteiger partial charge in [0.15, 0.2) is 5.96 Å². The Kier molecular flexibility index (Phi) is 10.2. The number of likely N-dealkylation sites (tertiary alicyclic amines) is 1. The molecule has 1 fully saturated rings. The van der Waals surface area contributed by atoms with Gasteiger partial charge in [-0.05, 0) is 45.1 Å². The smallest absolute Gasteiger partial charge is 0.191 e. The molecular weight excluding hydrogens is 399 g/mol. The van der Waals surface area contributed by atoms with Crippen LogP contribution in [-0.2, 0) is 0 Å². The molecule has 134 valence electrons. The lowest BCUT2D eigenvalue weighted by atomic mass is 10.0. The number of nitrogens with zero attached hydrogens (tertiary/aromatic N) is 2. The number of rotatable bonds is 6. The molecule has 0 aromatic heterocycles. The van der Waals surface area contributed by atoms with Gasteiger partial charge in [0.1, 0.15) is 0 Å². The molecule has 0 spiro atoms. The molecule has 1 unspecified atom stereocenters. The van der Waals surface area contributed by atoms with Crippen LogP contribution in [0.15, 0.2) is 17.1 Å². The summed E-state index contributed by atoms with van der Waals surface area (Å²) in [5.41, 5.74) is 0. The van der Waals surface area contributed by atoms with Gasteiger partial charge in [0, 0.05) is 25.2 Å². The molecule has 0 aromatic rings. The lowest BCUT2D eigenvalue weighted by Crippen LogP contribution is -2.46. The number of piperidine rings is 1. The molecule has 23 heavy (non-hydrogen) atoms.